The van der Waals surface area contributed by atoms with E-state index in [-0.39, 0.29) is 0 Å². The van der Waals surface area contributed by atoms with Crippen LogP contribution in [-0.2, 0) is 14.4 Å². The Balaban J connectivity index is 0.000000286. The summed E-state index contributed by atoms with van der Waals surface area (Å²) in [6, 6.07) is 2.16. The van der Waals surface area contributed by atoms with Crippen LogP contribution in [0.3, 0.4) is 0 Å². The third kappa shape index (κ3) is 4.20. The van der Waals surface area contributed by atoms with Gasteiger partial charge in [-0.1, -0.05) is 5.16 Å². The highest BCUT2D eigenvalue weighted by atomic mass is 16.6. The number of carboxylic acid groups (broad SMARTS) is 2. The summed E-state index contributed by atoms with van der Waals surface area (Å²) in [6.07, 6.45) is 2.41. The molecule has 3 saturated heterocycles. The van der Waals surface area contributed by atoms with Crippen molar-refractivity contribution in [2.24, 2.45) is 17.0 Å². The average molecular weight is 283 g/mol. The van der Waals surface area contributed by atoms with E-state index >= 15 is 0 Å². The molecule has 0 radical (unpaired) electrons. The quantitative estimate of drug-likeness (QED) is 0.415. The maximum Gasteiger partial charge on any atom is 0.414 e. The Bertz CT molecular complexity index is 423. The van der Waals surface area contributed by atoms with Crippen molar-refractivity contribution in [2.45, 2.75) is 12.8 Å². The lowest BCUT2D eigenvalue weighted by molar-refractivity contribution is -0.159. The molecular formula is C12H17N3O5. The fraction of sp³-hybridized carbons (Fsp3) is 0.667. The summed E-state index contributed by atoms with van der Waals surface area (Å²) in [5.41, 5.74) is 0.571. The van der Waals surface area contributed by atoms with Crippen LogP contribution in [0, 0.1) is 23.2 Å². The van der Waals surface area contributed by atoms with Gasteiger partial charge in [-0.2, -0.15) is 5.26 Å². The SMILES string of the molecule is CON=C(C#N)C1CN2CCC1CC2.O=C(O)C(=O)O. The number of fused-ring (bicyclic) bond motifs is 3. The maximum atomic E-state index is 9.10. The normalized spacial score (nSPS) is 27.8. The first kappa shape index (κ1) is 15.9. The molecule has 0 aromatic carbocycles. The molecule has 3 aliphatic heterocycles. The van der Waals surface area contributed by atoms with E-state index in [9.17, 15) is 0 Å². The highest BCUT2D eigenvalue weighted by molar-refractivity contribution is 6.27. The Morgan fingerprint density at radius 3 is 2.15 bits per heavy atom. The predicted octanol–water partition coefficient (Wildman–Crippen LogP) is 0.00978. The van der Waals surface area contributed by atoms with Gasteiger partial charge in [0, 0.05) is 12.5 Å². The number of nitrogens with zero attached hydrogens (tertiary/aromatic N) is 3. The first-order valence-electron chi connectivity index (χ1n) is 6.19. The van der Waals surface area contributed by atoms with Crippen molar-refractivity contribution in [2.75, 3.05) is 26.7 Å². The Hall–Kier alpha value is -2.14. The fourth-order valence-corrected chi connectivity index (χ4v) is 2.54. The summed E-state index contributed by atoms with van der Waals surface area (Å²) in [5, 5.41) is 27.6. The zero-order chi connectivity index (χ0) is 15.1. The maximum absolute atomic E-state index is 9.10. The Morgan fingerprint density at radius 2 is 1.85 bits per heavy atom. The predicted molar refractivity (Wildman–Crippen MR) is 68.0 cm³/mol. The summed E-state index contributed by atoms with van der Waals surface area (Å²) in [6.45, 7) is 3.36. The van der Waals surface area contributed by atoms with Crippen molar-refractivity contribution >= 4 is 17.7 Å². The highest BCUT2D eigenvalue weighted by Gasteiger charge is 2.37. The van der Waals surface area contributed by atoms with E-state index in [0.717, 1.165) is 6.54 Å². The Kier molecular flexibility index (Phi) is 5.93. The lowest BCUT2D eigenvalue weighted by Crippen LogP contribution is -2.49. The molecule has 8 nitrogen and oxygen atoms in total. The summed E-state index contributed by atoms with van der Waals surface area (Å²) < 4.78 is 0. The van der Waals surface area contributed by atoms with Crippen molar-refractivity contribution in [1.29, 1.82) is 5.26 Å². The first-order valence-corrected chi connectivity index (χ1v) is 6.19. The van der Waals surface area contributed by atoms with Gasteiger partial charge in [0.15, 0.2) is 5.71 Å². The largest absolute Gasteiger partial charge is 0.473 e. The van der Waals surface area contributed by atoms with Gasteiger partial charge in [-0.3, -0.25) is 0 Å². The van der Waals surface area contributed by atoms with E-state index in [1.807, 2.05) is 0 Å². The van der Waals surface area contributed by atoms with Crippen molar-refractivity contribution < 1.29 is 24.6 Å². The van der Waals surface area contributed by atoms with Crippen LogP contribution in [0.2, 0.25) is 0 Å². The standard InChI is InChI=1S/C10H15N3O.C2H2O4/c1-14-12-10(6-11)9-7-13-4-2-8(9)3-5-13;3-1(4)2(5)6/h8-9H,2-5,7H2,1H3;(H,3,4)(H,5,6). The molecule has 3 rings (SSSR count). The fourth-order valence-electron chi connectivity index (χ4n) is 2.54. The molecule has 0 saturated carbocycles. The van der Waals surface area contributed by atoms with Crippen LogP contribution in [0.1, 0.15) is 12.8 Å². The van der Waals surface area contributed by atoms with Crippen LogP contribution >= 0.6 is 0 Å². The number of aliphatic carboxylic acids is 2. The van der Waals surface area contributed by atoms with Crippen molar-refractivity contribution in [1.82, 2.24) is 4.90 Å². The molecule has 0 aromatic rings. The van der Waals surface area contributed by atoms with Crippen LogP contribution in [0.15, 0.2) is 5.16 Å². The molecule has 1 atom stereocenters. The minimum atomic E-state index is -1.82. The molecule has 3 heterocycles. The van der Waals surface area contributed by atoms with Gasteiger partial charge in [0.2, 0.25) is 0 Å². The van der Waals surface area contributed by atoms with E-state index in [4.69, 9.17) is 29.9 Å². The number of hydrogen-bond acceptors (Lipinski definition) is 6. The van der Waals surface area contributed by atoms with Gasteiger partial charge in [-0.05, 0) is 31.8 Å². The molecule has 0 amide bonds. The molecule has 1 unspecified atom stereocenters. The molecule has 0 aliphatic carbocycles. The number of nitriles is 1. The summed E-state index contributed by atoms with van der Waals surface area (Å²) in [7, 11) is 1.50. The zero-order valence-corrected chi connectivity index (χ0v) is 11.2. The summed E-state index contributed by atoms with van der Waals surface area (Å²) in [4.78, 5) is 25.3. The molecule has 20 heavy (non-hydrogen) atoms. The van der Waals surface area contributed by atoms with Crippen LogP contribution < -0.4 is 0 Å². The van der Waals surface area contributed by atoms with Gasteiger partial charge in [-0.25, -0.2) is 9.59 Å². The second-order valence-corrected chi connectivity index (χ2v) is 4.63. The van der Waals surface area contributed by atoms with Crippen LogP contribution in [0.25, 0.3) is 0 Å². The third-order valence-corrected chi connectivity index (χ3v) is 3.49. The molecular weight excluding hydrogens is 266 g/mol. The Labute approximate surface area is 116 Å². The van der Waals surface area contributed by atoms with Gasteiger partial charge in [-0.15, -0.1) is 0 Å². The molecule has 3 aliphatic rings. The summed E-state index contributed by atoms with van der Waals surface area (Å²) in [5.74, 6) is -2.69. The topological polar surface area (TPSA) is 123 Å². The highest BCUT2D eigenvalue weighted by Crippen LogP contribution is 2.33. The van der Waals surface area contributed by atoms with E-state index < -0.39 is 11.9 Å². The number of oxime groups is 1. The molecule has 8 heteroatoms. The number of piperidine rings is 3. The van der Waals surface area contributed by atoms with E-state index in [2.05, 4.69) is 16.1 Å². The smallest absolute Gasteiger partial charge is 0.414 e. The van der Waals surface area contributed by atoms with Crippen molar-refractivity contribution in [3.8, 4) is 6.07 Å². The van der Waals surface area contributed by atoms with Gasteiger partial charge in [0.25, 0.3) is 0 Å². The molecule has 3 fully saturated rings. The van der Waals surface area contributed by atoms with Gasteiger partial charge < -0.3 is 20.0 Å². The number of carbonyl (C=O) groups is 2. The zero-order valence-electron chi connectivity index (χ0n) is 11.2. The third-order valence-electron chi connectivity index (χ3n) is 3.49. The van der Waals surface area contributed by atoms with E-state index in [0.29, 0.717) is 17.5 Å². The van der Waals surface area contributed by atoms with Gasteiger partial charge in [0.05, 0.1) is 0 Å². The lowest BCUT2D eigenvalue weighted by atomic mass is 9.77. The number of hydrogen-bond donors (Lipinski definition) is 2. The van der Waals surface area contributed by atoms with Gasteiger partial charge >= 0.3 is 11.9 Å². The monoisotopic (exact) mass is 283 g/mol. The Morgan fingerprint density at radius 1 is 1.30 bits per heavy atom. The molecule has 0 aromatic heterocycles. The van der Waals surface area contributed by atoms with Crippen LogP contribution in [0.4, 0.5) is 0 Å². The molecule has 0 spiro atoms. The molecule has 2 bridgehead atoms. The van der Waals surface area contributed by atoms with Crippen LogP contribution in [0.5, 0.6) is 0 Å². The molecule has 2 N–H and O–H groups in total. The minimum Gasteiger partial charge on any atom is -0.473 e. The first-order chi connectivity index (χ1) is 9.49. The average Bonchev–Trinajstić information content (AvgIpc) is 2.46. The number of carboxylic acids is 2. The van der Waals surface area contributed by atoms with E-state index in [1.165, 1.54) is 33.0 Å². The summed E-state index contributed by atoms with van der Waals surface area (Å²) >= 11 is 0. The van der Waals surface area contributed by atoms with E-state index in [1.54, 1.807) is 0 Å². The number of rotatable bonds is 2. The lowest BCUT2D eigenvalue weighted by Gasteiger charge is -2.43. The second-order valence-electron chi connectivity index (χ2n) is 4.63. The van der Waals surface area contributed by atoms with Crippen LogP contribution in [-0.4, -0.2) is 59.5 Å². The second kappa shape index (κ2) is 7.45. The van der Waals surface area contributed by atoms with Crippen molar-refractivity contribution in [3.63, 3.8) is 0 Å². The molecule has 110 valence electrons. The van der Waals surface area contributed by atoms with Gasteiger partial charge in [0.1, 0.15) is 13.2 Å². The minimum absolute atomic E-state index is 0.308. The van der Waals surface area contributed by atoms with Crippen molar-refractivity contribution in [3.05, 3.63) is 0 Å².